The maximum Gasteiger partial charge on any atom is 0.272 e. The second kappa shape index (κ2) is 5.22. The van der Waals surface area contributed by atoms with Crippen LogP contribution in [0.4, 0.5) is 0 Å². The number of aromatic amines is 1. The predicted octanol–water partition coefficient (Wildman–Crippen LogP) is 2.28. The van der Waals surface area contributed by atoms with E-state index in [1.165, 1.54) is 0 Å². The Morgan fingerprint density at radius 2 is 2.17 bits per heavy atom. The molecule has 2 aromatic heterocycles. The summed E-state index contributed by atoms with van der Waals surface area (Å²) in [5, 5.41) is 10.2. The lowest BCUT2D eigenvalue weighted by Gasteiger charge is -2.13. The monoisotopic (exact) mass is 309 g/mol. The van der Waals surface area contributed by atoms with E-state index in [2.05, 4.69) is 20.5 Å². The number of carbonyl (C=O) groups is 1. The number of amides is 1. The molecule has 0 spiro atoms. The van der Waals surface area contributed by atoms with Crippen molar-refractivity contribution < 1.29 is 4.79 Å². The Morgan fingerprint density at radius 3 is 3.00 bits per heavy atom. The summed E-state index contributed by atoms with van der Waals surface area (Å²) in [6.07, 6.45) is 3.00. The van der Waals surface area contributed by atoms with E-state index < -0.39 is 0 Å². The van der Waals surface area contributed by atoms with Crippen LogP contribution in [0.3, 0.4) is 0 Å². The number of H-pyrrole nitrogens is 1. The summed E-state index contributed by atoms with van der Waals surface area (Å²) in [5.74, 6) is 0.704. The highest BCUT2D eigenvalue weighted by molar-refractivity contribution is 5.94. The second-order valence-corrected chi connectivity index (χ2v) is 6.10. The molecule has 0 aliphatic heterocycles. The molecule has 1 aliphatic carbocycles. The minimum Gasteiger partial charge on any atom is -0.341 e. The molecule has 6 nitrogen and oxygen atoms in total. The SMILES string of the molecule is CC(NC(=O)c1n[nH]c2c1CCC2)c1nc2ccccc2n1C. The number of para-hydroxylation sites is 2. The summed E-state index contributed by atoms with van der Waals surface area (Å²) in [7, 11) is 1.97. The molecule has 2 heterocycles. The van der Waals surface area contributed by atoms with Crippen molar-refractivity contribution in [2.45, 2.75) is 32.2 Å². The third kappa shape index (κ3) is 2.21. The fourth-order valence-electron chi connectivity index (χ4n) is 3.39. The molecule has 0 fully saturated rings. The average molecular weight is 309 g/mol. The van der Waals surface area contributed by atoms with Gasteiger partial charge >= 0.3 is 0 Å². The van der Waals surface area contributed by atoms with Crippen molar-refractivity contribution in [2.75, 3.05) is 0 Å². The number of carbonyl (C=O) groups excluding carboxylic acids is 1. The quantitative estimate of drug-likeness (QED) is 0.779. The zero-order chi connectivity index (χ0) is 16.0. The number of imidazole rings is 1. The van der Waals surface area contributed by atoms with E-state index in [9.17, 15) is 4.79 Å². The van der Waals surface area contributed by atoms with Gasteiger partial charge in [0.25, 0.3) is 5.91 Å². The zero-order valence-electron chi connectivity index (χ0n) is 13.3. The Morgan fingerprint density at radius 1 is 1.35 bits per heavy atom. The van der Waals surface area contributed by atoms with Crippen LogP contribution in [0.2, 0.25) is 0 Å². The van der Waals surface area contributed by atoms with E-state index in [0.717, 1.165) is 47.4 Å². The molecule has 4 rings (SSSR count). The largest absolute Gasteiger partial charge is 0.341 e. The van der Waals surface area contributed by atoms with Gasteiger partial charge in [0, 0.05) is 18.3 Å². The minimum absolute atomic E-state index is 0.135. The molecule has 1 aromatic carbocycles. The highest BCUT2D eigenvalue weighted by atomic mass is 16.2. The van der Waals surface area contributed by atoms with Gasteiger partial charge in [0.05, 0.1) is 17.1 Å². The maximum atomic E-state index is 12.5. The lowest BCUT2D eigenvalue weighted by Crippen LogP contribution is -2.29. The number of aryl methyl sites for hydroxylation is 2. The number of fused-ring (bicyclic) bond motifs is 2. The first kappa shape index (κ1) is 14.0. The number of aromatic nitrogens is 4. The highest BCUT2D eigenvalue weighted by Gasteiger charge is 2.25. The smallest absolute Gasteiger partial charge is 0.272 e. The van der Waals surface area contributed by atoms with Crippen molar-refractivity contribution in [1.29, 1.82) is 0 Å². The number of hydrogen-bond acceptors (Lipinski definition) is 3. The van der Waals surface area contributed by atoms with Crippen LogP contribution in [-0.2, 0) is 19.9 Å². The van der Waals surface area contributed by atoms with Crippen molar-refractivity contribution >= 4 is 16.9 Å². The molecule has 0 radical (unpaired) electrons. The number of hydrogen-bond donors (Lipinski definition) is 2. The second-order valence-electron chi connectivity index (χ2n) is 6.10. The van der Waals surface area contributed by atoms with Crippen LogP contribution in [0.15, 0.2) is 24.3 Å². The third-order valence-corrected chi connectivity index (χ3v) is 4.58. The van der Waals surface area contributed by atoms with Crippen LogP contribution in [0.1, 0.15) is 47.0 Å². The Labute approximate surface area is 133 Å². The van der Waals surface area contributed by atoms with Gasteiger partial charge in [-0.15, -0.1) is 0 Å². The van der Waals surface area contributed by atoms with Gasteiger partial charge in [-0.05, 0) is 38.3 Å². The van der Waals surface area contributed by atoms with Crippen molar-refractivity contribution in [3.8, 4) is 0 Å². The van der Waals surface area contributed by atoms with Gasteiger partial charge in [-0.3, -0.25) is 9.89 Å². The number of nitrogens with zero attached hydrogens (tertiary/aromatic N) is 3. The highest BCUT2D eigenvalue weighted by Crippen LogP contribution is 2.24. The molecule has 23 heavy (non-hydrogen) atoms. The molecule has 3 aromatic rings. The van der Waals surface area contributed by atoms with E-state index in [4.69, 9.17) is 0 Å². The molecule has 2 N–H and O–H groups in total. The van der Waals surface area contributed by atoms with E-state index in [1.807, 2.05) is 42.8 Å². The summed E-state index contributed by atoms with van der Waals surface area (Å²) in [6, 6.07) is 7.78. The topological polar surface area (TPSA) is 75.6 Å². The van der Waals surface area contributed by atoms with E-state index in [-0.39, 0.29) is 11.9 Å². The number of rotatable bonds is 3. The van der Waals surface area contributed by atoms with Crippen LogP contribution in [0, 0.1) is 0 Å². The molecular formula is C17H19N5O. The van der Waals surface area contributed by atoms with Crippen LogP contribution < -0.4 is 5.32 Å². The molecule has 0 saturated heterocycles. The van der Waals surface area contributed by atoms with Crippen molar-refractivity contribution in [2.24, 2.45) is 7.05 Å². The average Bonchev–Trinajstić information content (AvgIpc) is 3.21. The Balaban J connectivity index is 1.60. The van der Waals surface area contributed by atoms with E-state index in [1.54, 1.807) is 0 Å². The molecule has 1 amide bonds. The number of benzene rings is 1. The summed E-state index contributed by atoms with van der Waals surface area (Å²) in [5.41, 5.74) is 4.70. The van der Waals surface area contributed by atoms with Crippen LogP contribution >= 0.6 is 0 Å². The zero-order valence-corrected chi connectivity index (χ0v) is 13.3. The summed E-state index contributed by atoms with van der Waals surface area (Å²) >= 11 is 0. The van der Waals surface area contributed by atoms with Gasteiger partial charge in [-0.25, -0.2) is 4.98 Å². The number of nitrogens with one attached hydrogen (secondary N) is 2. The van der Waals surface area contributed by atoms with Gasteiger partial charge in [-0.1, -0.05) is 12.1 Å². The van der Waals surface area contributed by atoms with E-state index >= 15 is 0 Å². The van der Waals surface area contributed by atoms with E-state index in [0.29, 0.717) is 5.69 Å². The summed E-state index contributed by atoms with van der Waals surface area (Å²) in [4.78, 5) is 17.2. The van der Waals surface area contributed by atoms with Crippen molar-refractivity contribution in [1.82, 2.24) is 25.1 Å². The van der Waals surface area contributed by atoms with Crippen molar-refractivity contribution in [3.63, 3.8) is 0 Å². The molecule has 0 bridgehead atoms. The maximum absolute atomic E-state index is 12.5. The van der Waals surface area contributed by atoms with Crippen molar-refractivity contribution in [3.05, 3.63) is 47.0 Å². The molecule has 1 aliphatic rings. The van der Waals surface area contributed by atoms with Gasteiger partial charge in [0.1, 0.15) is 5.82 Å². The molecule has 6 heteroatoms. The van der Waals surface area contributed by atoms with Crippen LogP contribution in [0.5, 0.6) is 0 Å². The molecule has 1 atom stereocenters. The fraction of sp³-hybridized carbons (Fsp3) is 0.353. The Bertz CT molecular complexity index is 892. The fourth-order valence-corrected chi connectivity index (χ4v) is 3.39. The summed E-state index contributed by atoms with van der Waals surface area (Å²) in [6.45, 7) is 1.95. The Hall–Kier alpha value is -2.63. The van der Waals surface area contributed by atoms with Gasteiger partial charge < -0.3 is 9.88 Å². The molecule has 118 valence electrons. The van der Waals surface area contributed by atoms with Crippen LogP contribution in [-0.4, -0.2) is 25.7 Å². The molecule has 1 unspecified atom stereocenters. The van der Waals surface area contributed by atoms with Gasteiger partial charge in [0.2, 0.25) is 0 Å². The van der Waals surface area contributed by atoms with Gasteiger partial charge in [-0.2, -0.15) is 5.10 Å². The molecular weight excluding hydrogens is 290 g/mol. The normalized spacial score (nSPS) is 14.9. The predicted molar refractivity (Wildman–Crippen MR) is 87.2 cm³/mol. The Kier molecular flexibility index (Phi) is 3.18. The molecule has 0 saturated carbocycles. The first-order valence-corrected chi connectivity index (χ1v) is 7.93. The first-order chi connectivity index (χ1) is 11.1. The minimum atomic E-state index is -0.186. The van der Waals surface area contributed by atoms with Crippen LogP contribution in [0.25, 0.3) is 11.0 Å². The third-order valence-electron chi connectivity index (χ3n) is 4.58. The standard InChI is InChI=1S/C17H19N5O/c1-10(16-19-13-7-3-4-9-14(13)22(16)2)18-17(23)15-11-6-5-8-12(11)20-21-15/h3-4,7,9-10H,5-6,8H2,1-2H3,(H,18,23)(H,20,21). The van der Waals surface area contributed by atoms with Gasteiger partial charge in [0.15, 0.2) is 5.69 Å². The first-order valence-electron chi connectivity index (χ1n) is 7.93. The lowest BCUT2D eigenvalue weighted by atomic mass is 10.2. The summed E-state index contributed by atoms with van der Waals surface area (Å²) < 4.78 is 2.02. The lowest BCUT2D eigenvalue weighted by molar-refractivity contribution is 0.0932.